The van der Waals surface area contributed by atoms with Gasteiger partial charge in [0, 0.05) is 5.56 Å². The molecule has 1 atom stereocenters. The van der Waals surface area contributed by atoms with Crippen LogP contribution in [0.4, 0.5) is 30.7 Å². The lowest BCUT2D eigenvalue weighted by molar-refractivity contribution is -0.293. The van der Waals surface area contributed by atoms with Gasteiger partial charge in [-0.3, -0.25) is 11.3 Å². The summed E-state index contributed by atoms with van der Waals surface area (Å²) in [4.78, 5) is 0. The first-order valence-corrected chi connectivity index (χ1v) is 4.93. The van der Waals surface area contributed by atoms with Crippen molar-refractivity contribution in [3.63, 3.8) is 0 Å². The quantitative estimate of drug-likeness (QED) is 0.510. The molecule has 1 aromatic rings. The van der Waals surface area contributed by atoms with Gasteiger partial charge in [0.15, 0.2) is 5.92 Å². The molecule has 9 heteroatoms. The van der Waals surface area contributed by atoms with Gasteiger partial charge in [-0.05, 0) is 6.07 Å². The number of alkyl halides is 6. The highest BCUT2D eigenvalue weighted by atomic mass is 19.4. The van der Waals surface area contributed by atoms with Crippen LogP contribution in [0, 0.1) is 11.7 Å². The van der Waals surface area contributed by atoms with Crippen LogP contribution in [0.1, 0.15) is 11.6 Å². The molecule has 1 aromatic carbocycles. The first-order chi connectivity index (χ1) is 8.59. The van der Waals surface area contributed by atoms with Gasteiger partial charge in [-0.1, -0.05) is 18.2 Å². The lowest BCUT2D eigenvalue weighted by atomic mass is 9.92. The summed E-state index contributed by atoms with van der Waals surface area (Å²) in [6.07, 6.45) is -11.2. The summed E-state index contributed by atoms with van der Waals surface area (Å²) in [5.74, 6) is -0.257. The molecule has 0 aliphatic carbocycles. The largest absolute Gasteiger partial charge is 0.402 e. The van der Waals surface area contributed by atoms with Gasteiger partial charge in [-0.25, -0.2) is 4.39 Å². The zero-order valence-electron chi connectivity index (χ0n) is 9.19. The third-order valence-corrected chi connectivity index (χ3v) is 2.46. The Labute approximate surface area is 103 Å². The molecule has 0 radical (unpaired) electrons. The van der Waals surface area contributed by atoms with Gasteiger partial charge >= 0.3 is 12.4 Å². The summed E-state index contributed by atoms with van der Waals surface area (Å²) in [5.41, 5.74) is 0.591. The monoisotopic (exact) mass is 290 g/mol. The standard InChI is InChI=1S/C10H9F7N2/c11-6-4-2-1-3-5(6)7(19-18)8(9(12,13)14)10(15,16)17/h1-4,7-8,19H,18H2. The minimum atomic E-state index is -5.61. The molecule has 0 saturated heterocycles. The Kier molecular flexibility index (Phi) is 4.41. The maximum absolute atomic E-state index is 13.3. The van der Waals surface area contributed by atoms with E-state index < -0.39 is 35.7 Å². The van der Waals surface area contributed by atoms with E-state index in [1.165, 1.54) is 5.43 Å². The highest BCUT2D eigenvalue weighted by Gasteiger charge is 2.60. The van der Waals surface area contributed by atoms with Crippen molar-refractivity contribution in [2.45, 2.75) is 18.4 Å². The van der Waals surface area contributed by atoms with Crippen molar-refractivity contribution in [3.05, 3.63) is 35.6 Å². The zero-order chi connectivity index (χ0) is 14.8. The Morgan fingerprint density at radius 1 is 0.947 bits per heavy atom. The summed E-state index contributed by atoms with van der Waals surface area (Å²) >= 11 is 0. The number of nitrogens with two attached hydrogens (primary N) is 1. The number of rotatable bonds is 3. The van der Waals surface area contributed by atoms with Crippen molar-refractivity contribution in [1.29, 1.82) is 0 Å². The second-order valence-corrected chi connectivity index (χ2v) is 3.73. The van der Waals surface area contributed by atoms with Crippen LogP contribution in [-0.2, 0) is 0 Å². The first kappa shape index (κ1) is 15.7. The average molecular weight is 290 g/mol. The minimum Gasteiger partial charge on any atom is -0.271 e. The maximum atomic E-state index is 13.3. The fourth-order valence-electron chi connectivity index (χ4n) is 1.66. The Hall–Kier alpha value is -1.35. The number of hydrazine groups is 1. The third kappa shape index (κ3) is 3.57. The van der Waals surface area contributed by atoms with Crippen molar-refractivity contribution in [1.82, 2.24) is 5.43 Å². The predicted octanol–water partition coefficient (Wildman–Crippen LogP) is 3.07. The van der Waals surface area contributed by atoms with E-state index >= 15 is 0 Å². The molecule has 3 N–H and O–H groups in total. The van der Waals surface area contributed by atoms with E-state index in [1.54, 1.807) is 0 Å². The Morgan fingerprint density at radius 3 is 1.79 bits per heavy atom. The Bertz CT molecular complexity index is 413. The molecule has 0 saturated carbocycles. The Morgan fingerprint density at radius 2 is 1.42 bits per heavy atom. The van der Waals surface area contributed by atoms with Gasteiger partial charge in [0.05, 0.1) is 6.04 Å². The summed E-state index contributed by atoms with van der Waals surface area (Å²) < 4.78 is 88.5. The van der Waals surface area contributed by atoms with Crippen LogP contribution < -0.4 is 11.3 Å². The average Bonchev–Trinajstić information content (AvgIpc) is 2.23. The van der Waals surface area contributed by atoms with Gasteiger partial charge in [-0.2, -0.15) is 26.3 Å². The number of benzene rings is 1. The van der Waals surface area contributed by atoms with Gasteiger partial charge in [0.25, 0.3) is 0 Å². The minimum absolute atomic E-state index is 0.753. The molecule has 0 amide bonds. The molecule has 0 aliphatic heterocycles. The molecule has 1 unspecified atom stereocenters. The van der Waals surface area contributed by atoms with E-state index in [1.807, 2.05) is 0 Å². The molecule has 0 aliphatic rings. The van der Waals surface area contributed by atoms with E-state index in [9.17, 15) is 30.7 Å². The predicted molar refractivity (Wildman–Crippen MR) is 52.1 cm³/mol. The number of hydrogen-bond acceptors (Lipinski definition) is 2. The zero-order valence-corrected chi connectivity index (χ0v) is 9.19. The highest BCUT2D eigenvalue weighted by Crippen LogP contribution is 2.46. The first-order valence-electron chi connectivity index (χ1n) is 4.93. The van der Waals surface area contributed by atoms with Crippen LogP contribution in [0.2, 0.25) is 0 Å². The highest BCUT2D eigenvalue weighted by molar-refractivity contribution is 5.22. The van der Waals surface area contributed by atoms with Crippen molar-refractivity contribution >= 4 is 0 Å². The summed E-state index contributed by atoms with van der Waals surface area (Å²) in [6.45, 7) is 0. The van der Waals surface area contributed by atoms with Crippen molar-refractivity contribution < 1.29 is 30.7 Å². The summed E-state index contributed by atoms with van der Waals surface area (Å²) in [7, 11) is 0. The van der Waals surface area contributed by atoms with E-state index in [4.69, 9.17) is 5.84 Å². The van der Waals surface area contributed by atoms with Crippen LogP contribution >= 0.6 is 0 Å². The fraction of sp³-hybridized carbons (Fsp3) is 0.400. The van der Waals surface area contributed by atoms with Gasteiger partial charge in [0.2, 0.25) is 0 Å². The van der Waals surface area contributed by atoms with E-state index in [-0.39, 0.29) is 0 Å². The Balaban J connectivity index is 3.30. The molecule has 108 valence electrons. The molecule has 19 heavy (non-hydrogen) atoms. The topological polar surface area (TPSA) is 38.0 Å². The molecule has 1 rings (SSSR count). The number of hydrogen-bond donors (Lipinski definition) is 2. The normalized spacial score (nSPS) is 14.8. The lowest BCUT2D eigenvalue weighted by Crippen LogP contribution is -2.48. The van der Waals surface area contributed by atoms with Crippen LogP contribution in [0.25, 0.3) is 0 Å². The molecule has 2 nitrogen and oxygen atoms in total. The van der Waals surface area contributed by atoms with Crippen LogP contribution in [0.15, 0.2) is 24.3 Å². The number of halogens is 7. The maximum Gasteiger partial charge on any atom is 0.402 e. The van der Waals surface area contributed by atoms with Crippen molar-refractivity contribution in [3.8, 4) is 0 Å². The van der Waals surface area contributed by atoms with Crippen LogP contribution in [0.3, 0.4) is 0 Å². The second-order valence-electron chi connectivity index (χ2n) is 3.73. The van der Waals surface area contributed by atoms with Crippen LogP contribution in [-0.4, -0.2) is 12.4 Å². The molecule has 0 bridgehead atoms. The molecular formula is C10H9F7N2. The van der Waals surface area contributed by atoms with Crippen molar-refractivity contribution in [2.75, 3.05) is 0 Å². The van der Waals surface area contributed by atoms with Gasteiger partial charge in [-0.15, -0.1) is 0 Å². The van der Waals surface area contributed by atoms with E-state index in [0.29, 0.717) is 0 Å². The third-order valence-electron chi connectivity index (χ3n) is 2.46. The summed E-state index contributed by atoms with van der Waals surface area (Å²) in [5, 5.41) is 0. The van der Waals surface area contributed by atoms with Gasteiger partial charge in [0.1, 0.15) is 5.82 Å². The summed E-state index contributed by atoms with van der Waals surface area (Å²) in [6, 6.07) is 1.37. The lowest BCUT2D eigenvalue weighted by Gasteiger charge is -2.30. The molecule has 0 fully saturated rings. The smallest absolute Gasteiger partial charge is 0.271 e. The van der Waals surface area contributed by atoms with Gasteiger partial charge < -0.3 is 0 Å². The van der Waals surface area contributed by atoms with E-state index in [2.05, 4.69) is 0 Å². The fourth-order valence-corrected chi connectivity index (χ4v) is 1.66. The molecule has 0 spiro atoms. The van der Waals surface area contributed by atoms with E-state index in [0.717, 1.165) is 24.3 Å². The van der Waals surface area contributed by atoms with Crippen molar-refractivity contribution in [2.24, 2.45) is 11.8 Å². The molecular weight excluding hydrogens is 281 g/mol. The molecule has 0 heterocycles. The SMILES string of the molecule is NNC(c1ccccc1F)C(C(F)(F)F)C(F)(F)F. The van der Waals surface area contributed by atoms with Crippen LogP contribution in [0.5, 0.6) is 0 Å². The second kappa shape index (κ2) is 5.33. The molecule has 0 aromatic heterocycles. The number of nitrogens with one attached hydrogen (secondary N) is 1.